The van der Waals surface area contributed by atoms with Gasteiger partial charge in [0.2, 0.25) is 0 Å². The second kappa shape index (κ2) is 9.77. The highest BCUT2D eigenvalue weighted by Crippen LogP contribution is 2.39. The van der Waals surface area contributed by atoms with Gasteiger partial charge in [0.25, 0.3) is 0 Å². The first kappa shape index (κ1) is 23.6. The number of fused-ring (bicyclic) bond motifs is 1. The molecule has 0 saturated carbocycles. The van der Waals surface area contributed by atoms with Crippen molar-refractivity contribution in [2.45, 2.75) is 51.7 Å². The molecule has 6 nitrogen and oxygen atoms in total. The van der Waals surface area contributed by atoms with Gasteiger partial charge in [-0.15, -0.1) is 0 Å². The van der Waals surface area contributed by atoms with E-state index in [1.54, 1.807) is 6.33 Å². The van der Waals surface area contributed by atoms with Crippen molar-refractivity contribution < 1.29 is 14.6 Å². The first-order valence-electron chi connectivity index (χ1n) is 11.6. The summed E-state index contributed by atoms with van der Waals surface area (Å²) in [4.78, 5) is 16.0. The van der Waals surface area contributed by atoms with Gasteiger partial charge in [0.15, 0.2) is 6.10 Å². The van der Waals surface area contributed by atoms with Gasteiger partial charge in [0.1, 0.15) is 5.54 Å². The van der Waals surface area contributed by atoms with Crippen LogP contribution in [0.15, 0.2) is 78.2 Å². The van der Waals surface area contributed by atoms with E-state index < -0.39 is 17.6 Å². The van der Waals surface area contributed by atoms with E-state index in [1.807, 2.05) is 24.3 Å². The molecule has 2 atom stereocenters. The molecule has 2 N–H and O–H groups in total. The van der Waals surface area contributed by atoms with E-state index in [-0.39, 0.29) is 6.61 Å². The van der Waals surface area contributed by atoms with Gasteiger partial charge in [-0.05, 0) is 56.9 Å². The lowest BCUT2D eigenvalue weighted by Crippen LogP contribution is -2.48. The number of benzene rings is 2. The molecule has 1 aliphatic carbocycles. The fourth-order valence-electron chi connectivity index (χ4n) is 4.55. The second-order valence-electron chi connectivity index (χ2n) is 9.10. The second-order valence-corrected chi connectivity index (χ2v) is 9.10. The van der Waals surface area contributed by atoms with Crippen LogP contribution < -0.4 is 0 Å². The minimum absolute atomic E-state index is 0.0914. The minimum Gasteiger partial charge on any atom is -0.479 e. The van der Waals surface area contributed by atoms with Crippen molar-refractivity contribution in [2.24, 2.45) is 0 Å². The maximum atomic E-state index is 11.4. The van der Waals surface area contributed by atoms with Crippen LogP contribution in [0.5, 0.6) is 0 Å². The lowest BCUT2D eigenvalue weighted by molar-refractivity contribution is -0.148. The molecule has 0 saturated heterocycles. The Kier molecular flexibility index (Phi) is 6.80. The topological polar surface area (TPSA) is 88.2 Å². The molecule has 0 bridgehead atoms. The number of aryl methyl sites for hydroxylation is 1. The SMILES string of the molecule is CC1=CC=C(C(Cc2ccc(C)cc2)(C(=N)COC(C)C(=O)O)n2cnc3ccccc32)CC1. The number of imidazole rings is 1. The van der Waals surface area contributed by atoms with Gasteiger partial charge in [0.05, 0.1) is 29.7 Å². The van der Waals surface area contributed by atoms with Gasteiger partial charge in [-0.25, -0.2) is 9.78 Å². The Labute approximate surface area is 200 Å². The largest absolute Gasteiger partial charge is 0.479 e. The van der Waals surface area contributed by atoms with Crippen LogP contribution in [0.2, 0.25) is 0 Å². The number of carboxylic acid groups (broad SMARTS) is 1. The number of rotatable bonds is 9. The number of allylic oxidation sites excluding steroid dienone is 4. The summed E-state index contributed by atoms with van der Waals surface area (Å²) in [5.74, 6) is -1.04. The Morgan fingerprint density at radius 1 is 1.15 bits per heavy atom. The average molecular weight is 458 g/mol. The van der Waals surface area contributed by atoms with Crippen molar-refractivity contribution in [3.05, 3.63) is 89.3 Å². The van der Waals surface area contributed by atoms with Crippen LogP contribution >= 0.6 is 0 Å². The Balaban J connectivity index is 1.91. The molecule has 0 fully saturated rings. The third kappa shape index (κ3) is 4.59. The standard InChI is InChI=1S/C28H31N3O3/c1-19-8-12-22(13-9-19)16-28(23-14-10-20(2)11-15-23,26(29)17-34-21(3)27(32)33)31-18-30-24-6-4-5-7-25(24)31/h4-10,12-14,18,21,29H,11,15-17H2,1-3H3,(H,32,33). The van der Waals surface area contributed by atoms with Gasteiger partial charge < -0.3 is 19.8 Å². The van der Waals surface area contributed by atoms with Crippen LogP contribution in [0.25, 0.3) is 11.0 Å². The van der Waals surface area contributed by atoms with Crippen molar-refractivity contribution in [2.75, 3.05) is 6.61 Å². The molecular weight excluding hydrogens is 426 g/mol. The summed E-state index contributed by atoms with van der Waals surface area (Å²) >= 11 is 0. The summed E-state index contributed by atoms with van der Waals surface area (Å²) < 4.78 is 7.73. The summed E-state index contributed by atoms with van der Waals surface area (Å²) in [6.07, 6.45) is 7.30. The van der Waals surface area contributed by atoms with E-state index in [0.717, 1.165) is 35.0 Å². The van der Waals surface area contributed by atoms with Gasteiger partial charge in [-0.1, -0.05) is 59.7 Å². The molecule has 0 aliphatic heterocycles. The number of aromatic nitrogens is 2. The van der Waals surface area contributed by atoms with Crippen molar-refractivity contribution in [3.63, 3.8) is 0 Å². The smallest absolute Gasteiger partial charge is 0.332 e. The number of carboxylic acids is 1. The fourth-order valence-corrected chi connectivity index (χ4v) is 4.55. The molecule has 0 amide bonds. The number of carbonyl (C=O) groups is 1. The molecule has 176 valence electrons. The zero-order chi connectivity index (χ0) is 24.3. The average Bonchev–Trinajstić information content (AvgIpc) is 3.27. The summed E-state index contributed by atoms with van der Waals surface area (Å²) in [5.41, 5.74) is 5.87. The lowest BCUT2D eigenvalue weighted by atomic mass is 9.75. The summed E-state index contributed by atoms with van der Waals surface area (Å²) in [5, 5.41) is 18.7. The van der Waals surface area contributed by atoms with Gasteiger partial charge in [-0.3, -0.25) is 0 Å². The fraction of sp³-hybridized carbons (Fsp3) is 0.321. The number of hydrogen-bond donors (Lipinski definition) is 2. The molecule has 4 rings (SSSR count). The van der Waals surface area contributed by atoms with Crippen molar-refractivity contribution >= 4 is 22.7 Å². The highest BCUT2D eigenvalue weighted by atomic mass is 16.5. The number of para-hydroxylation sites is 2. The Morgan fingerprint density at radius 3 is 2.56 bits per heavy atom. The van der Waals surface area contributed by atoms with Crippen LogP contribution in [0.1, 0.15) is 37.8 Å². The van der Waals surface area contributed by atoms with Crippen molar-refractivity contribution in [1.29, 1.82) is 5.41 Å². The number of nitrogens with one attached hydrogen (secondary N) is 1. The van der Waals surface area contributed by atoms with Crippen LogP contribution in [0.3, 0.4) is 0 Å². The molecule has 2 unspecified atom stereocenters. The lowest BCUT2D eigenvalue weighted by Gasteiger charge is -2.40. The van der Waals surface area contributed by atoms with Crippen LogP contribution in [0.4, 0.5) is 0 Å². The van der Waals surface area contributed by atoms with E-state index in [9.17, 15) is 15.3 Å². The first-order chi connectivity index (χ1) is 16.3. The molecule has 1 heterocycles. The zero-order valence-electron chi connectivity index (χ0n) is 19.9. The van der Waals surface area contributed by atoms with Crippen molar-refractivity contribution in [1.82, 2.24) is 9.55 Å². The quantitative estimate of drug-likeness (QED) is 0.418. The molecule has 0 radical (unpaired) electrons. The normalized spacial score (nSPS) is 16.4. The maximum absolute atomic E-state index is 11.4. The zero-order valence-corrected chi connectivity index (χ0v) is 19.9. The van der Waals surface area contributed by atoms with Gasteiger partial charge in [0, 0.05) is 6.42 Å². The van der Waals surface area contributed by atoms with E-state index in [4.69, 9.17) is 4.74 Å². The van der Waals surface area contributed by atoms with Gasteiger partial charge in [-0.2, -0.15) is 0 Å². The van der Waals surface area contributed by atoms with Crippen LogP contribution in [-0.4, -0.2) is 39.0 Å². The predicted octanol–water partition coefficient (Wildman–Crippen LogP) is 5.46. The summed E-state index contributed by atoms with van der Waals surface area (Å²) in [6.45, 7) is 5.58. The van der Waals surface area contributed by atoms with Gasteiger partial charge >= 0.3 is 5.97 Å². The van der Waals surface area contributed by atoms with E-state index in [1.165, 1.54) is 18.1 Å². The number of hydrogen-bond acceptors (Lipinski definition) is 4. The Hall–Kier alpha value is -3.51. The molecule has 1 aromatic heterocycles. The number of nitrogens with zero attached hydrogens (tertiary/aromatic N) is 2. The summed E-state index contributed by atoms with van der Waals surface area (Å²) in [7, 11) is 0. The molecule has 3 aromatic rings. The monoisotopic (exact) mass is 457 g/mol. The van der Waals surface area contributed by atoms with E-state index in [0.29, 0.717) is 12.1 Å². The Morgan fingerprint density at radius 2 is 1.88 bits per heavy atom. The third-order valence-corrected chi connectivity index (χ3v) is 6.66. The molecular formula is C28H31N3O3. The van der Waals surface area contributed by atoms with E-state index in [2.05, 4.69) is 59.8 Å². The molecule has 6 heteroatoms. The number of ether oxygens (including phenoxy) is 1. The van der Waals surface area contributed by atoms with E-state index >= 15 is 0 Å². The highest BCUT2D eigenvalue weighted by Gasteiger charge is 2.42. The van der Waals surface area contributed by atoms with Crippen molar-refractivity contribution in [3.8, 4) is 0 Å². The molecule has 1 aliphatic rings. The first-order valence-corrected chi connectivity index (χ1v) is 11.6. The summed E-state index contributed by atoms with van der Waals surface area (Å²) in [6, 6.07) is 16.3. The molecule has 34 heavy (non-hydrogen) atoms. The minimum atomic E-state index is -1.04. The molecule has 2 aromatic carbocycles. The maximum Gasteiger partial charge on any atom is 0.332 e. The van der Waals surface area contributed by atoms with Crippen LogP contribution in [0, 0.1) is 12.3 Å². The highest BCUT2D eigenvalue weighted by molar-refractivity contribution is 5.96. The van der Waals surface area contributed by atoms with Crippen LogP contribution in [-0.2, 0) is 21.5 Å². The Bertz CT molecular complexity index is 1270. The third-order valence-electron chi connectivity index (χ3n) is 6.66. The molecule has 0 spiro atoms. The predicted molar refractivity (Wildman–Crippen MR) is 134 cm³/mol. The number of aliphatic carboxylic acids is 1.